The van der Waals surface area contributed by atoms with Crippen LogP contribution in [0.2, 0.25) is 0 Å². The number of aromatic nitrogens is 1. The molecule has 1 aliphatic heterocycles. The highest BCUT2D eigenvalue weighted by Gasteiger charge is 2.35. The van der Waals surface area contributed by atoms with Gasteiger partial charge in [0, 0.05) is 18.5 Å². The maximum absolute atomic E-state index is 12.5. The molecule has 2 heterocycles. The van der Waals surface area contributed by atoms with Crippen molar-refractivity contribution in [1.29, 1.82) is 0 Å². The molecule has 1 saturated heterocycles. The van der Waals surface area contributed by atoms with E-state index in [9.17, 15) is 9.59 Å². The van der Waals surface area contributed by atoms with Crippen LogP contribution in [0.3, 0.4) is 0 Å². The Bertz CT molecular complexity index is 570. The van der Waals surface area contributed by atoms with E-state index in [4.69, 9.17) is 9.26 Å². The van der Waals surface area contributed by atoms with Crippen molar-refractivity contribution in [3.05, 3.63) is 17.0 Å². The molecule has 0 spiro atoms. The fourth-order valence-electron chi connectivity index (χ4n) is 3.01. The smallest absolute Gasteiger partial charge is 0.328 e. The van der Waals surface area contributed by atoms with E-state index in [1.54, 1.807) is 18.7 Å². The number of urea groups is 1. The number of esters is 1. The third-order valence-electron chi connectivity index (χ3n) is 4.13. The van der Waals surface area contributed by atoms with Crippen LogP contribution in [0.25, 0.3) is 0 Å². The molecule has 0 saturated carbocycles. The van der Waals surface area contributed by atoms with Gasteiger partial charge in [0.2, 0.25) is 0 Å². The Kier molecular flexibility index (Phi) is 5.63. The fraction of sp³-hybridized carbons (Fsp3) is 0.688. The molecule has 2 atom stereocenters. The molecule has 1 fully saturated rings. The first-order valence-electron chi connectivity index (χ1n) is 8.18. The van der Waals surface area contributed by atoms with E-state index in [1.807, 2.05) is 13.8 Å². The summed E-state index contributed by atoms with van der Waals surface area (Å²) in [5, 5.41) is 6.75. The SMILES string of the molecule is CCOC(=O)[C@H](C)NC(=O)N1CCC[C@H]1c1c(C)noc1CC. The molecule has 7 nitrogen and oxygen atoms in total. The van der Waals surface area contributed by atoms with E-state index in [0.29, 0.717) is 13.2 Å². The van der Waals surface area contributed by atoms with Gasteiger partial charge in [-0.05, 0) is 33.6 Å². The molecule has 23 heavy (non-hydrogen) atoms. The van der Waals surface area contributed by atoms with Crippen LogP contribution in [0.4, 0.5) is 4.79 Å². The molecular weight excluding hydrogens is 298 g/mol. The van der Waals surface area contributed by atoms with Gasteiger partial charge in [0.25, 0.3) is 0 Å². The summed E-state index contributed by atoms with van der Waals surface area (Å²) < 4.78 is 10.3. The van der Waals surface area contributed by atoms with Gasteiger partial charge in [0.15, 0.2) is 0 Å². The van der Waals surface area contributed by atoms with Crippen LogP contribution in [0.15, 0.2) is 4.52 Å². The van der Waals surface area contributed by atoms with Crippen LogP contribution < -0.4 is 5.32 Å². The molecule has 0 aromatic carbocycles. The molecule has 0 unspecified atom stereocenters. The van der Waals surface area contributed by atoms with E-state index in [2.05, 4.69) is 10.5 Å². The van der Waals surface area contributed by atoms with Crippen molar-refractivity contribution in [3.8, 4) is 0 Å². The highest BCUT2D eigenvalue weighted by molar-refractivity contribution is 5.83. The number of carbonyl (C=O) groups excluding carboxylic acids is 2. The molecule has 2 amide bonds. The monoisotopic (exact) mass is 323 g/mol. The molecule has 7 heteroatoms. The molecule has 1 aliphatic rings. The Labute approximate surface area is 136 Å². The minimum absolute atomic E-state index is 0.0504. The lowest BCUT2D eigenvalue weighted by Crippen LogP contribution is -2.47. The summed E-state index contributed by atoms with van der Waals surface area (Å²) >= 11 is 0. The Morgan fingerprint density at radius 3 is 2.87 bits per heavy atom. The van der Waals surface area contributed by atoms with Crippen molar-refractivity contribution in [2.75, 3.05) is 13.2 Å². The second-order valence-electron chi connectivity index (χ2n) is 5.73. The van der Waals surface area contributed by atoms with Crippen molar-refractivity contribution >= 4 is 12.0 Å². The number of nitrogens with zero attached hydrogens (tertiary/aromatic N) is 2. The molecule has 128 valence electrons. The van der Waals surface area contributed by atoms with Gasteiger partial charge in [-0.15, -0.1) is 0 Å². The number of hydrogen-bond acceptors (Lipinski definition) is 5. The lowest BCUT2D eigenvalue weighted by molar-refractivity contribution is -0.144. The Hall–Kier alpha value is -2.05. The largest absolute Gasteiger partial charge is 0.464 e. The minimum Gasteiger partial charge on any atom is -0.464 e. The van der Waals surface area contributed by atoms with Gasteiger partial charge in [-0.3, -0.25) is 0 Å². The highest BCUT2D eigenvalue weighted by Crippen LogP contribution is 2.35. The fourth-order valence-corrected chi connectivity index (χ4v) is 3.01. The number of amides is 2. The first-order valence-corrected chi connectivity index (χ1v) is 8.18. The molecule has 1 aromatic heterocycles. The van der Waals surface area contributed by atoms with Crippen LogP contribution >= 0.6 is 0 Å². The lowest BCUT2D eigenvalue weighted by atomic mass is 10.0. The number of ether oxygens (including phenoxy) is 1. The normalized spacial score (nSPS) is 18.8. The molecule has 1 aromatic rings. The Balaban J connectivity index is 2.10. The number of hydrogen-bond donors (Lipinski definition) is 1. The predicted octanol–water partition coefficient (Wildman–Crippen LogP) is 2.34. The van der Waals surface area contributed by atoms with Crippen molar-refractivity contribution in [1.82, 2.24) is 15.4 Å². The minimum atomic E-state index is -0.669. The lowest BCUT2D eigenvalue weighted by Gasteiger charge is -2.26. The Morgan fingerprint density at radius 2 is 2.22 bits per heavy atom. The van der Waals surface area contributed by atoms with Gasteiger partial charge >= 0.3 is 12.0 Å². The summed E-state index contributed by atoms with van der Waals surface area (Å²) in [6.07, 6.45) is 2.53. The van der Waals surface area contributed by atoms with Crippen molar-refractivity contribution in [3.63, 3.8) is 0 Å². The molecule has 0 radical (unpaired) electrons. The summed E-state index contributed by atoms with van der Waals surface area (Å²) in [6.45, 7) is 8.22. The topological polar surface area (TPSA) is 84.7 Å². The van der Waals surface area contributed by atoms with Gasteiger partial charge in [-0.25, -0.2) is 9.59 Å². The molecule has 0 aliphatic carbocycles. The Morgan fingerprint density at radius 1 is 1.48 bits per heavy atom. The summed E-state index contributed by atoms with van der Waals surface area (Å²) in [7, 11) is 0. The quantitative estimate of drug-likeness (QED) is 0.841. The zero-order chi connectivity index (χ0) is 17.0. The van der Waals surface area contributed by atoms with Crippen LogP contribution in [-0.4, -0.2) is 41.3 Å². The molecule has 2 rings (SSSR count). The average molecular weight is 323 g/mol. The van der Waals surface area contributed by atoms with Crippen molar-refractivity contribution in [2.45, 2.75) is 59.0 Å². The predicted molar refractivity (Wildman–Crippen MR) is 83.9 cm³/mol. The summed E-state index contributed by atoms with van der Waals surface area (Å²) in [5.74, 6) is 0.401. The zero-order valence-corrected chi connectivity index (χ0v) is 14.2. The van der Waals surface area contributed by atoms with Gasteiger partial charge in [-0.1, -0.05) is 12.1 Å². The molecule has 0 bridgehead atoms. The van der Waals surface area contributed by atoms with Gasteiger partial charge in [0.05, 0.1) is 18.3 Å². The standard InChI is InChI=1S/C16H25N3O4/c1-5-13-14(10(3)18-23-13)12-8-7-9-19(12)16(21)17-11(4)15(20)22-6-2/h11-12H,5-9H2,1-4H3,(H,17,21)/t11-,12-/m0/s1. The van der Waals surface area contributed by atoms with Crippen LogP contribution in [0.1, 0.15) is 56.7 Å². The van der Waals surface area contributed by atoms with Crippen LogP contribution in [-0.2, 0) is 16.0 Å². The van der Waals surface area contributed by atoms with Crippen LogP contribution in [0, 0.1) is 6.92 Å². The second kappa shape index (κ2) is 7.48. The molecular formula is C16H25N3O4. The number of rotatable bonds is 5. The third-order valence-corrected chi connectivity index (χ3v) is 4.13. The number of aryl methyl sites for hydroxylation is 2. The van der Waals surface area contributed by atoms with E-state index >= 15 is 0 Å². The third kappa shape index (κ3) is 3.65. The number of likely N-dealkylation sites (tertiary alicyclic amines) is 1. The van der Waals surface area contributed by atoms with Crippen LogP contribution in [0.5, 0.6) is 0 Å². The maximum Gasteiger partial charge on any atom is 0.328 e. The van der Waals surface area contributed by atoms with E-state index in [0.717, 1.165) is 36.3 Å². The first-order chi connectivity index (χ1) is 11.0. The van der Waals surface area contributed by atoms with Gasteiger partial charge in [0.1, 0.15) is 11.8 Å². The summed E-state index contributed by atoms with van der Waals surface area (Å²) in [6, 6.07) is -0.973. The number of carbonyl (C=O) groups is 2. The number of nitrogens with one attached hydrogen (secondary N) is 1. The maximum atomic E-state index is 12.5. The zero-order valence-electron chi connectivity index (χ0n) is 14.2. The van der Waals surface area contributed by atoms with E-state index in [-0.39, 0.29) is 12.1 Å². The van der Waals surface area contributed by atoms with E-state index in [1.165, 1.54) is 0 Å². The highest BCUT2D eigenvalue weighted by atomic mass is 16.5. The van der Waals surface area contributed by atoms with Crippen molar-refractivity contribution in [2.24, 2.45) is 0 Å². The average Bonchev–Trinajstić information content (AvgIpc) is 3.12. The van der Waals surface area contributed by atoms with Crippen molar-refractivity contribution < 1.29 is 18.8 Å². The summed E-state index contributed by atoms with van der Waals surface area (Å²) in [5.41, 5.74) is 1.83. The molecule has 1 N–H and O–H groups in total. The first kappa shape index (κ1) is 17.3. The van der Waals surface area contributed by atoms with E-state index < -0.39 is 12.0 Å². The van der Waals surface area contributed by atoms with Gasteiger partial charge < -0.3 is 19.5 Å². The summed E-state index contributed by atoms with van der Waals surface area (Å²) in [4.78, 5) is 26.0. The second-order valence-corrected chi connectivity index (χ2v) is 5.73. The van der Waals surface area contributed by atoms with Gasteiger partial charge in [-0.2, -0.15) is 0 Å².